The van der Waals surface area contributed by atoms with Gasteiger partial charge in [-0.15, -0.1) is 0 Å². The van der Waals surface area contributed by atoms with Crippen molar-refractivity contribution < 1.29 is 9.47 Å². The molecule has 0 saturated heterocycles. The van der Waals surface area contributed by atoms with Crippen LogP contribution in [0.4, 0.5) is 0 Å². The zero-order valence-electron chi connectivity index (χ0n) is 8.45. The molecule has 2 aromatic rings. The Balaban J connectivity index is 2.75. The molecule has 0 bridgehead atoms. The maximum Gasteiger partial charge on any atom is 0.148 e. The van der Waals surface area contributed by atoms with E-state index < -0.39 is 0 Å². The van der Waals surface area contributed by atoms with E-state index in [0.29, 0.717) is 10.9 Å². The molecule has 1 aromatic carbocycles. The minimum atomic E-state index is 0.450. The van der Waals surface area contributed by atoms with Gasteiger partial charge in [-0.3, -0.25) is 0 Å². The van der Waals surface area contributed by atoms with Gasteiger partial charge < -0.3 is 9.47 Å². The number of fused-ring (bicyclic) bond motifs is 1. The molecule has 3 nitrogen and oxygen atoms in total. The lowest BCUT2D eigenvalue weighted by atomic mass is 10.2. The van der Waals surface area contributed by atoms with E-state index in [1.54, 1.807) is 26.4 Å². The molecule has 0 aliphatic carbocycles. The second kappa shape index (κ2) is 3.95. The Hall–Kier alpha value is -1.48. The Labute approximate surface area is 92.6 Å². The van der Waals surface area contributed by atoms with Crippen LogP contribution in [0, 0.1) is 0 Å². The molecule has 0 spiro atoms. The van der Waals surface area contributed by atoms with Crippen LogP contribution >= 0.6 is 11.6 Å². The average Bonchev–Trinajstić information content (AvgIpc) is 2.27. The van der Waals surface area contributed by atoms with Crippen molar-refractivity contribution in [3.63, 3.8) is 0 Å². The Kier molecular flexibility index (Phi) is 2.64. The molecule has 0 amide bonds. The van der Waals surface area contributed by atoms with Gasteiger partial charge in [0.1, 0.15) is 22.2 Å². The van der Waals surface area contributed by atoms with Crippen molar-refractivity contribution in [3.05, 3.63) is 29.4 Å². The zero-order chi connectivity index (χ0) is 10.8. The van der Waals surface area contributed by atoms with Gasteiger partial charge in [-0.05, 0) is 18.2 Å². The highest BCUT2D eigenvalue weighted by molar-refractivity contribution is 6.29. The molecule has 4 heteroatoms. The molecule has 0 aliphatic heterocycles. The van der Waals surface area contributed by atoms with Gasteiger partial charge in [-0.25, -0.2) is 4.98 Å². The van der Waals surface area contributed by atoms with E-state index in [1.165, 1.54) is 0 Å². The first-order valence-corrected chi connectivity index (χ1v) is 4.80. The van der Waals surface area contributed by atoms with Crippen LogP contribution in [0.3, 0.4) is 0 Å². The first-order chi connectivity index (χ1) is 7.24. The number of aromatic nitrogens is 1. The molecule has 1 heterocycles. The molecule has 0 radical (unpaired) electrons. The fraction of sp³-hybridized carbons (Fsp3) is 0.182. The first kappa shape index (κ1) is 10.1. The van der Waals surface area contributed by atoms with E-state index in [1.807, 2.05) is 12.1 Å². The van der Waals surface area contributed by atoms with Gasteiger partial charge >= 0.3 is 0 Å². The number of hydrogen-bond acceptors (Lipinski definition) is 3. The summed E-state index contributed by atoms with van der Waals surface area (Å²) < 4.78 is 10.4. The molecule has 1 aromatic heterocycles. The van der Waals surface area contributed by atoms with Crippen molar-refractivity contribution in [2.45, 2.75) is 0 Å². The fourth-order valence-corrected chi connectivity index (χ4v) is 1.57. The van der Waals surface area contributed by atoms with Crippen LogP contribution < -0.4 is 9.47 Å². The zero-order valence-corrected chi connectivity index (χ0v) is 9.21. The highest BCUT2D eigenvalue weighted by Gasteiger charge is 2.06. The van der Waals surface area contributed by atoms with Gasteiger partial charge in [0, 0.05) is 11.5 Å². The third-order valence-electron chi connectivity index (χ3n) is 2.15. The second-order valence-electron chi connectivity index (χ2n) is 3.04. The molecule has 2 rings (SSSR count). The molecule has 78 valence electrons. The van der Waals surface area contributed by atoms with E-state index in [2.05, 4.69) is 4.98 Å². The average molecular weight is 224 g/mol. The summed E-state index contributed by atoms with van der Waals surface area (Å²) in [5.41, 5.74) is 0.741. The summed E-state index contributed by atoms with van der Waals surface area (Å²) in [5.74, 6) is 1.40. The lowest BCUT2D eigenvalue weighted by molar-refractivity contribution is 0.397. The maximum absolute atomic E-state index is 5.82. The summed E-state index contributed by atoms with van der Waals surface area (Å²) in [5, 5.41) is 1.39. The molecule has 0 aliphatic rings. The van der Waals surface area contributed by atoms with Crippen LogP contribution in [0.15, 0.2) is 24.3 Å². The largest absolute Gasteiger partial charge is 0.497 e. The SMILES string of the molecule is COc1cc(OC)c2nc(Cl)ccc2c1. The molecule has 0 unspecified atom stereocenters. The van der Waals surface area contributed by atoms with Crippen molar-refractivity contribution in [2.24, 2.45) is 0 Å². The molecule has 0 atom stereocenters. The lowest BCUT2D eigenvalue weighted by Gasteiger charge is -2.07. The normalized spacial score (nSPS) is 10.3. The number of rotatable bonds is 2. The molecule has 0 N–H and O–H groups in total. The summed E-state index contributed by atoms with van der Waals surface area (Å²) in [4.78, 5) is 4.21. The van der Waals surface area contributed by atoms with Crippen molar-refractivity contribution in [2.75, 3.05) is 14.2 Å². The Morgan fingerprint density at radius 1 is 1.13 bits per heavy atom. The van der Waals surface area contributed by atoms with Gasteiger partial charge in [-0.1, -0.05) is 11.6 Å². The highest BCUT2D eigenvalue weighted by Crippen LogP contribution is 2.30. The van der Waals surface area contributed by atoms with Gasteiger partial charge in [0.2, 0.25) is 0 Å². The molecule has 0 fully saturated rings. The Bertz CT molecular complexity index is 499. The van der Waals surface area contributed by atoms with Gasteiger partial charge in [0.15, 0.2) is 0 Å². The first-order valence-electron chi connectivity index (χ1n) is 4.43. The van der Waals surface area contributed by atoms with Crippen molar-refractivity contribution in [1.82, 2.24) is 4.98 Å². The summed E-state index contributed by atoms with van der Waals surface area (Å²) in [7, 11) is 3.21. The van der Waals surface area contributed by atoms with E-state index >= 15 is 0 Å². The number of pyridine rings is 1. The van der Waals surface area contributed by atoms with Gasteiger partial charge in [0.05, 0.1) is 14.2 Å². The fourth-order valence-electron chi connectivity index (χ4n) is 1.43. The molecular weight excluding hydrogens is 214 g/mol. The third kappa shape index (κ3) is 1.83. The van der Waals surface area contributed by atoms with Crippen LogP contribution in [0.1, 0.15) is 0 Å². The minimum absolute atomic E-state index is 0.450. The van der Waals surface area contributed by atoms with Gasteiger partial charge in [0.25, 0.3) is 0 Å². The second-order valence-corrected chi connectivity index (χ2v) is 3.42. The number of nitrogens with zero attached hydrogens (tertiary/aromatic N) is 1. The summed E-state index contributed by atoms with van der Waals surface area (Å²) in [6, 6.07) is 7.30. The number of halogens is 1. The molecule has 15 heavy (non-hydrogen) atoms. The van der Waals surface area contributed by atoms with Crippen molar-refractivity contribution in [1.29, 1.82) is 0 Å². The van der Waals surface area contributed by atoms with E-state index in [0.717, 1.165) is 16.7 Å². The number of ether oxygens (including phenoxy) is 2. The monoisotopic (exact) mass is 223 g/mol. The number of benzene rings is 1. The smallest absolute Gasteiger partial charge is 0.148 e. The Morgan fingerprint density at radius 3 is 2.60 bits per heavy atom. The summed E-state index contributed by atoms with van der Waals surface area (Å²) in [6.45, 7) is 0. The molecular formula is C11H10ClNO2. The quantitative estimate of drug-likeness (QED) is 0.734. The third-order valence-corrected chi connectivity index (χ3v) is 2.36. The van der Waals surface area contributed by atoms with Crippen LogP contribution in [0.2, 0.25) is 5.15 Å². The minimum Gasteiger partial charge on any atom is -0.497 e. The van der Waals surface area contributed by atoms with Crippen LogP contribution in [0.25, 0.3) is 10.9 Å². The maximum atomic E-state index is 5.82. The lowest BCUT2D eigenvalue weighted by Crippen LogP contribution is -1.90. The van der Waals surface area contributed by atoms with E-state index in [-0.39, 0.29) is 0 Å². The van der Waals surface area contributed by atoms with Crippen LogP contribution in [-0.4, -0.2) is 19.2 Å². The standard InChI is InChI=1S/C11H10ClNO2/c1-14-8-5-7-3-4-10(12)13-11(7)9(6-8)15-2/h3-6H,1-2H3. The summed E-state index contributed by atoms with van der Waals surface area (Å²) >= 11 is 5.82. The van der Waals surface area contributed by atoms with E-state index in [9.17, 15) is 0 Å². The topological polar surface area (TPSA) is 31.4 Å². The van der Waals surface area contributed by atoms with Crippen molar-refractivity contribution >= 4 is 22.5 Å². The predicted octanol–water partition coefficient (Wildman–Crippen LogP) is 2.91. The number of hydrogen-bond donors (Lipinski definition) is 0. The predicted molar refractivity (Wildman–Crippen MR) is 59.9 cm³/mol. The Morgan fingerprint density at radius 2 is 1.93 bits per heavy atom. The molecule has 0 saturated carbocycles. The van der Waals surface area contributed by atoms with E-state index in [4.69, 9.17) is 21.1 Å². The van der Waals surface area contributed by atoms with Gasteiger partial charge in [-0.2, -0.15) is 0 Å². The number of methoxy groups -OCH3 is 2. The van der Waals surface area contributed by atoms with Crippen LogP contribution in [0.5, 0.6) is 11.5 Å². The van der Waals surface area contributed by atoms with Crippen LogP contribution in [-0.2, 0) is 0 Å². The van der Waals surface area contributed by atoms with Crippen molar-refractivity contribution in [3.8, 4) is 11.5 Å². The summed E-state index contributed by atoms with van der Waals surface area (Å²) in [6.07, 6.45) is 0. The highest BCUT2D eigenvalue weighted by atomic mass is 35.5.